The second-order valence-electron chi connectivity index (χ2n) is 4.46. The lowest BCUT2D eigenvalue weighted by Crippen LogP contribution is -2.27. The van der Waals surface area contributed by atoms with Crippen LogP contribution in [0.1, 0.15) is 26.6 Å². The Kier molecular flexibility index (Phi) is 5.21. The lowest BCUT2D eigenvalue weighted by atomic mass is 10.2. The number of pyridine rings is 1. The van der Waals surface area contributed by atoms with Gasteiger partial charge in [-0.25, -0.2) is 0 Å². The van der Waals surface area contributed by atoms with Gasteiger partial charge >= 0.3 is 0 Å². The van der Waals surface area contributed by atoms with E-state index >= 15 is 0 Å². The van der Waals surface area contributed by atoms with Crippen molar-refractivity contribution in [2.24, 2.45) is 0 Å². The van der Waals surface area contributed by atoms with Crippen LogP contribution in [-0.4, -0.2) is 42.2 Å². The topological polar surface area (TPSA) is 106 Å². The van der Waals surface area contributed by atoms with Crippen molar-refractivity contribution >= 4 is 17.6 Å². The van der Waals surface area contributed by atoms with Gasteiger partial charge in [-0.15, -0.1) is 0 Å². The third-order valence-electron chi connectivity index (χ3n) is 2.72. The maximum Gasteiger partial charge on any atom is 0.275 e. The maximum absolute atomic E-state index is 12.1. The highest BCUT2D eigenvalue weighted by molar-refractivity contribution is 6.04. The van der Waals surface area contributed by atoms with Crippen molar-refractivity contribution < 1.29 is 18.8 Å². The zero-order chi connectivity index (χ0) is 15.9. The minimum absolute atomic E-state index is 0.111. The van der Waals surface area contributed by atoms with E-state index in [2.05, 4.69) is 20.8 Å². The van der Waals surface area contributed by atoms with Crippen LogP contribution >= 0.6 is 0 Å². The molecule has 0 fully saturated rings. The van der Waals surface area contributed by atoms with Crippen molar-refractivity contribution in [3.8, 4) is 0 Å². The number of nitrogens with zero attached hydrogens (tertiary/aromatic N) is 2. The molecule has 116 valence electrons. The SMILES string of the molecule is COCCNC(=O)c1ccnc(C(=O)Nc2cc(C)on2)c1. The molecular formula is C14H16N4O4. The van der Waals surface area contributed by atoms with Gasteiger partial charge in [0.2, 0.25) is 0 Å². The van der Waals surface area contributed by atoms with Crippen LogP contribution in [0.2, 0.25) is 0 Å². The maximum atomic E-state index is 12.1. The number of ether oxygens (including phenoxy) is 1. The average Bonchev–Trinajstić information content (AvgIpc) is 2.92. The molecule has 0 saturated heterocycles. The Morgan fingerprint density at radius 3 is 2.82 bits per heavy atom. The summed E-state index contributed by atoms with van der Waals surface area (Å²) >= 11 is 0. The smallest absolute Gasteiger partial charge is 0.275 e. The number of aryl methyl sites for hydroxylation is 1. The summed E-state index contributed by atoms with van der Waals surface area (Å²) in [6.45, 7) is 2.51. The molecule has 0 saturated carbocycles. The Labute approximate surface area is 126 Å². The molecule has 2 aromatic rings. The van der Waals surface area contributed by atoms with Crippen molar-refractivity contribution in [3.63, 3.8) is 0 Å². The first-order valence-electron chi connectivity index (χ1n) is 6.58. The molecule has 2 aromatic heterocycles. The fourth-order valence-corrected chi connectivity index (χ4v) is 1.67. The van der Waals surface area contributed by atoms with E-state index in [1.165, 1.54) is 18.3 Å². The summed E-state index contributed by atoms with van der Waals surface area (Å²) < 4.78 is 9.71. The average molecular weight is 304 g/mol. The van der Waals surface area contributed by atoms with Crippen LogP contribution < -0.4 is 10.6 Å². The molecule has 0 aliphatic heterocycles. The van der Waals surface area contributed by atoms with Crippen molar-refractivity contribution in [1.82, 2.24) is 15.5 Å². The highest BCUT2D eigenvalue weighted by Crippen LogP contribution is 2.09. The highest BCUT2D eigenvalue weighted by Gasteiger charge is 2.13. The Balaban J connectivity index is 2.04. The van der Waals surface area contributed by atoms with Crippen LogP contribution in [0.5, 0.6) is 0 Å². The van der Waals surface area contributed by atoms with Crippen LogP contribution in [0.4, 0.5) is 5.82 Å². The number of amides is 2. The molecule has 0 unspecified atom stereocenters. The number of nitrogens with one attached hydrogen (secondary N) is 2. The van der Waals surface area contributed by atoms with Crippen LogP contribution in [-0.2, 0) is 4.74 Å². The molecule has 0 bridgehead atoms. The Bertz CT molecular complexity index is 668. The molecule has 8 nitrogen and oxygen atoms in total. The summed E-state index contributed by atoms with van der Waals surface area (Å²) in [6, 6.07) is 4.52. The van der Waals surface area contributed by atoms with E-state index in [-0.39, 0.29) is 11.6 Å². The molecule has 2 N–H and O–H groups in total. The van der Waals surface area contributed by atoms with Crippen LogP contribution in [0.15, 0.2) is 28.9 Å². The summed E-state index contributed by atoms with van der Waals surface area (Å²) in [5.41, 5.74) is 0.452. The molecule has 8 heteroatoms. The molecule has 22 heavy (non-hydrogen) atoms. The van der Waals surface area contributed by atoms with Crippen molar-refractivity contribution in [2.75, 3.05) is 25.6 Å². The van der Waals surface area contributed by atoms with Gasteiger partial charge in [0.25, 0.3) is 11.8 Å². The van der Waals surface area contributed by atoms with E-state index in [4.69, 9.17) is 9.26 Å². The molecule has 0 aromatic carbocycles. The van der Waals surface area contributed by atoms with Gasteiger partial charge in [0, 0.05) is 31.5 Å². The third kappa shape index (κ3) is 4.13. The molecule has 0 spiro atoms. The monoisotopic (exact) mass is 304 g/mol. The first-order valence-corrected chi connectivity index (χ1v) is 6.58. The second kappa shape index (κ2) is 7.32. The van der Waals surface area contributed by atoms with Crippen molar-refractivity contribution in [2.45, 2.75) is 6.92 Å². The van der Waals surface area contributed by atoms with Crippen LogP contribution in [0.25, 0.3) is 0 Å². The molecule has 0 atom stereocenters. The zero-order valence-electron chi connectivity index (χ0n) is 12.3. The van der Waals surface area contributed by atoms with Gasteiger partial charge in [0.05, 0.1) is 6.61 Å². The first-order chi connectivity index (χ1) is 10.6. The highest BCUT2D eigenvalue weighted by atomic mass is 16.5. The van der Waals surface area contributed by atoms with Gasteiger partial charge in [0.15, 0.2) is 5.82 Å². The Morgan fingerprint density at radius 2 is 2.14 bits per heavy atom. The number of hydrogen-bond acceptors (Lipinski definition) is 6. The molecule has 2 amide bonds. The molecular weight excluding hydrogens is 288 g/mol. The summed E-state index contributed by atoms with van der Waals surface area (Å²) in [5, 5.41) is 8.87. The van der Waals surface area contributed by atoms with Crippen LogP contribution in [0, 0.1) is 6.92 Å². The molecule has 0 aliphatic rings. The number of rotatable bonds is 6. The molecule has 0 radical (unpaired) electrons. The summed E-state index contributed by atoms with van der Waals surface area (Å²) in [5.74, 6) is 0.0967. The van der Waals surface area contributed by atoms with Gasteiger partial charge < -0.3 is 19.9 Å². The largest absolute Gasteiger partial charge is 0.383 e. The minimum atomic E-state index is -0.472. The molecule has 2 rings (SSSR count). The number of anilines is 1. The normalized spacial score (nSPS) is 10.3. The van der Waals surface area contributed by atoms with Crippen molar-refractivity contribution in [1.29, 1.82) is 0 Å². The van der Waals surface area contributed by atoms with E-state index in [1.54, 1.807) is 20.1 Å². The fraction of sp³-hybridized carbons (Fsp3) is 0.286. The standard InChI is InChI=1S/C14H16N4O4/c1-9-7-12(18-22-9)17-14(20)11-8-10(3-4-15-11)13(19)16-5-6-21-2/h3-4,7-8H,5-6H2,1-2H3,(H,16,19)(H,17,18,20). The van der Waals surface area contributed by atoms with E-state index in [1.807, 2.05) is 0 Å². The van der Waals surface area contributed by atoms with Gasteiger partial charge in [-0.3, -0.25) is 14.6 Å². The number of hydrogen-bond donors (Lipinski definition) is 2. The fourth-order valence-electron chi connectivity index (χ4n) is 1.67. The zero-order valence-corrected chi connectivity index (χ0v) is 12.3. The van der Waals surface area contributed by atoms with E-state index < -0.39 is 5.91 Å². The first kappa shape index (κ1) is 15.6. The lowest BCUT2D eigenvalue weighted by molar-refractivity contribution is 0.0937. The predicted molar refractivity (Wildman–Crippen MR) is 77.6 cm³/mol. The summed E-state index contributed by atoms with van der Waals surface area (Å²) in [7, 11) is 1.55. The predicted octanol–water partition coefficient (Wildman–Crippen LogP) is 1.01. The number of carbonyl (C=O) groups excluding carboxylic acids is 2. The van der Waals surface area contributed by atoms with Gasteiger partial charge in [-0.05, 0) is 19.1 Å². The Morgan fingerprint density at radius 1 is 1.32 bits per heavy atom. The number of aromatic nitrogens is 2. The minimum Gasteiger partial charge on any atom is -0.383 e. The second-order valence-corrected chi connectivity index (χ2v) is 4.46. The van der Waals surface area contributed by atoms with Gasteiger partial charge in [-0.1, -0.05) is 5.16 Å². The Hall–Kier alpha value is -2.74. The number of carbonyl (C=O) groups is 2. The van der Waals surface area contributed by atoms with E-state index in [0.29, 0.717) is 30.3 Å². The molecule has 0 aliphatic carbocycles. The van der Waals surface area contributed by atoms with Crippen molar-refractivity contribution in [3.05, 3.63) is 41.4 Å². The summed E-state index contributed by atoms with van der Waals surface area (Å²) in [6.07, 6.45) is 1.40. The van der Waals surface area contributed by atoms with Gasteiger partial charge in [-0.2, -0.15) is 0 Å². The molecule has 2 heterocycles. The third-order valence-corrected chi connectivity index (χ3v) is 2.72. The lowest BCUT2D eigenvalue weighted by Gasteiger charge is -2.06. The van der Waals surface area contributed by atoms with Gasteiger partial charge in [0.1, 0.15) is 11.5 Å². The van der Waals surface area contributed by atoms with E-state index in [0.717, 1.165) is 0 Å². The quantitative estimate of drug-likeness (QED) is 0.771. The van der Waals surface area contributed by atoms with E-state index in [9.17, 15) is 9.59 Å². The summed E-state index contributed by atoms with van der Waals surface area (Å²) in [4.78, 5) is 27.9. The van der Waals surface area contributed by atoms with Crippen LogP contribution in [0.3, 0.4) is 0 Å². The number of methoxy groups -OCH3 is 1.